The molecule has 2 aliphatic carbocycles. The summed E-state index contributed by atoms with van der Waals surface area (Å²) in [5.41, 5.74) is -0.314. The van der Waals surface area contributed by atoms with Crippen molar-refractivity contribution < 1.29 is 22.0 Å². The van der Waals surface area contributed by atoms with Crippen LogP contribution in [0.25, 0.3) is 0 Å². The number of nitriles is 1. The maximum Gasteiger partial charge on any atom is 0.266 e. The number of anilines is 1. The lowest BCUT2D eigenvalue weighted by atomic mass is 10.1. The predicted molar refractivity (Wildman–Crippen MR) is 107 cm³/mol. The molecule has 1 amide bonds. The Bertz CT molecular complexity index is 1020. The average Bonchev–Trinajstić information content (AvgIpc) is 3.11. The fraction of sp³-hybridized carbons (Fsp3) is 0.600. The van der Waals surface area contributed by atoms with E-state index in [0.717, 1.165) is 0 Å². The number of hydrogen-bond donors (Lipinski definition) is 1. The topological polar surface area (TPSA) is 90.3 Å². The maximum absolute atomic E-state index is 13.5. The summed E-state index contributed by atoms with van der Waals surface area (Å²) in [6.07, 6.45) is 1.92. The highest BCUT2D eigenvalue weighted by molar-refractivity contribution is 7.92. The van der Waals surface area contributed by atoms with E-state index < -0.39 is 39.0 Å². The molecule has 2 atom stereocenters. The van der Waals surface area contributed by atoms with Crippen LogP contribution < -0.4 is 10.2 Å². The van der Waals surface area contributed by atoms with E-state index in [9.17, 15) is 22.0 Å². The zero-order chi connectivity index (χ0) is 21.7. The third-order valence-electron chi connectivity index (χ3n) is 6.28. The molecular weight excluding hydrogens is 436 g/mol. The molecule has 162 valence electrons. The van der Waals surface area contributed by atoms with Gasteiger partial charge in [-0.15, -0.1) is 0 Å². The summed E-state index contributed by atoms with van der Waals surface area (Å²) in [4.78, 5) is 13.9. The molecule has 6 nitrogen and oxygen atoms in total. The number of nitrogens with zero attached hydrogens (tertiary/aromatic N) is 2. The van der Waals surface area contributed by atoms with Gasteiger partial charge in [0.25, 0.3) is 5.92 Å². The van der Waals surface area contributed by atoms with Crippen LogP contribution >= 0.6 is 11.6 Å². The quantitative estimate of drug-likeness (QED) is 0.732. The minimum absolute atomic E-state index is 0.00275. The highest BCUT2D eigenvalue weighted by Crippen LogP contribution is 2.40. The van der Waals surface area contributed by atoms with E-state index in [-0.39, 0.29) is 35.2 Å². The van der Waals surface area contributed by atoms with Crippen molar-refractivity contribution in [3.8, 4) is 6.07 Å². The molecule has 3 aliphatic rings. The van der Waals surface area contributed by atoms with Gasteiger partial charge in [-0.1, -0.05) is 11.6 Å². The molecule has 3 fully saturated rings. The Hall–Kier alpha value is -1.92. The summed E-state index contributed by atoms with van der Waals surface area (Å²) in [6, 6.07) is 6.38. The standard InChI is InChI=1S/C20H22ClF2N3O3S/c21-16-10-14(26-8-7-20(22,23)12-26)2-4-17(16)30(28,29)15-3-1-13(9-15)18(27)25-19(11-24)5-6-19/h2,4,10,13,15H,1,3,5-9,12H2,(H,25,27)/t13-,15-/m0/s1. The second kappa shape index (κ2) is 7.34. The highest BCUT2D eigenvalue weighted by atomic mass is 35.5. The average molecular weight is 458 g/mol. The van der Waals surface area contributed by atoms with Gasteiger partial charge in [0.2, 0.25) is 5.91 Å². The van der Waals surface area contributed by atoms with Crippen molar-refractivity contribution in [2.75, 3.05) is 18.0 Å². The number of nitrogens with one attached hydrogen (secondary N) is 1. The third-order valence-corrected chi connectivity index (χ3v) is 8.98. The van der Waals surface area contributed by atoms with Crippen molar-refractivity contribution >= 4 is 33.0 Å². The van der Waals surface area contributed by atoms with Gasteiger partial charge in [0.1, 0.15) is 5.54 Å². The second-order valence-electron chi connectivity index (χ2n) is 8.50. The monoisotopic (exact) mass is 457 g/mol. The van der Waals surface area contributed by atoms with Crippen molar-refractivity contribution in [1.29, 1.82) is 5.26 Å². The van der Waals surface area contributed by atoms with E-state index in [1.165, 1.54) is 23.1 Å². The maximum atomic E-state index is 13.5. The fourth-order valence-electron chi connectivity index (χ4n) is 4.24. The lowest BCUT2D eigenvalue weighted by Crippen LogP contribution is -2.39. The Kier molecular flexibility index (Phi) is 5.22. The van der Waals surface area contributed by atoms with Gasteiger partial charge >= 0.3 is 0 Å². The van der Waals surface area contributed by atoms with Crippen molar-refractivity contribution in [3.63, 3.8) is 0 Å². The second-order valence-corrected chi connectivity index (χ2v) is 11.1. The number of rotatable bonds is 5. The number of amides is 1. The highest BCUT2D eigenvalue weighted by Gasteiger charge is 2.47. The molecule has 0 radical (unpaired) electrons. The van der Waals surface area contributed by atoms with Gasteiger partial charge in [-0.25, -0.2) is 17.2 Å². The first-order valence-electron chi connectivity index (χ1n) is 9.95. The summed E-state index contributed by atoms with van der Waals surface area (Å²) in [7, 11) is -3.78. The molecule has 1 aromatic carbocycles. The number of halogens is 3. The third kappa shape index (κ3) is 4.00. The lowest BCUT2D eigenvalue weighted by molar-refractivity contribution is -0.125. The molecule has 1 aliphatic heterocycles. The van der Waals surface area contributed by atoms with E-state index in [0.29, 0.717) is 31.4 Å². The van der Waals surface area contributed by atoms with E-state index in [2.05, 4.69) is 11.4 Å². The predicted octanol–water partition coefficient (Wildman–Crippen LogP) is 3.30. The number of benzene rings is 1. The van der Waals surface area contributed by atoms with E-state index >= 15 is 0 Å². The summed E-state index contributed by atoms with van der Waals surface area (Å²) in [5, 5.41) is 11.1. The molecule has 2 saturated carbocycles. The first-order valence-corrected chi connectivity index (χ1v) is 11.9. The Balaban J connectivity index is 1.46. The molecule has 30 heavy (non-hydrogen) atoms. The molecule has 0 aromatic heterocycles. The number of carbonyl (C=O) groups is 1. The Labute approximate surface area is 179 Å². The van der Waals surface area contributed by atoms with Crippen molar-refractivity contribution in [2.24, 2.45) is 5.92 Å². The number of sulfone groups is 1. The van der Waals surface area contributed by atoms with Crippen LogP contribution in [0.15, 0.2) is 23.1 Å². The smallest absolute Gasteiger partial charge is 0.266 e. The number of hydrogen-bond acceptors (Lipinski definition) is 5. The largest absolute Gasteiger partial charge is 0.365 e. The molecule has 0 unspecified atom stereocenters. The summed E-state index contributed by atoms with van der Waals surface area (Å²) in [5.74, 6) is -3.50. The van der Waals surface area contributed by atoms with Crippen LogP contribution in [0, 0.1) is 17.2 Å². The fourth-order valence-corrected chi connectivity index (χ4v) is 6.62. The van der Waals surface area contributed by atoms with Gasteiger partial charge in [0.05, 0.1) is 27.8 Å². The van der Waals surface area contributed by atoms with Crippen LogP contribution in [0.2, 0.25) is 5.02 Å². The Morgan fingerprint density at radius 1 is 1.27 bits per heavy atom. The van der Waals surface area contributed by atoms with Gasteiger partial charge in [-0.3, -0.25) is 4.79 Å². The molecule has 0 bridgehead atoms. The van der Waals surface area contributed by atoms with Crippen LogP contribution in [0.4, 0.5) is 14.5 Å². The number of alkyl halides is 2. The minimum atomic E-state index is -3.78. The van der Waals surface area contributed by atoms with E-state index in [1.807, 2.05) is 0 Å². The Morgan fingerprint density at radius 3 is 2.57 bits per heavy atom. The first-order chi connectivity index (χ1) is 14.1. The van der Waals surface area contributed by atoms with Crippen LogP contribution in [-0.2, 0) is 14.6 Å². The zero-order valence-electron chi connectivity index (χ0n) is 16.2. The molecular formula is C20H22ClF2N3O3S. The van der Waals surface area contributed by atoms with Gasteiger partial charge in [0, 0.05) is 24.6 Å². The van der Waals surface area contributed by atoms with Crippen LogP contribution in [0.1, 0.15) is 38.5 Å². The van der Waals surface area contributed by atoms with Crippen LogP contribution in [0.5, 0.6) is 0 Å². The summed E-state index contributed by atoms with van der Waals surface area (Å²) < 4.78 is 53.1. The molecule has 1 saturated heterocycles. The normalized spacial score (nSPS) is 26.9. The zero-order valence-corrected chi connectivity index (χ0v) is 17.8. The van der Waals surface area contributed by atoms with Gasteiger partial charge in [0.15, 0.2) is 9.84 Å². The van der Waals surface area contributed by atoms with Gasteiger partial charge < -0.3 is 10.2 Å². The molecule has 10 heteroatoms. The van der Waals surface area contributed by atoms with Gasteiger partial charge in [-0.2, -0.15) is 5.26 Å². The van der Waals surface area contributed by atoms with Crippen LogP contribution in [-0.4, -0.2) is 44.1 Å². The molecule has 1 heterocycles. The number of carbonyl (C=O) groups excluding carboxylic acids is 1. The molecule has 1 aromatic rings. The van der Waals surface area contributed by atoms with Crippen LogP contribution in [0.3, 0.4) is 0 Å². The van der Waals surface area contributed by atoms with Crippen molar-refractivity contribution in [1.82, 2.24) is 5.32 Å². The minimum Gasteiger partial charge on any atom is -0.365 e. The Morgan fingerprint density at radius 2 is 2.00 bits per heavy atom. The SMILES string of the molecule is N#CC1(NC(=O)[C@H]2CC[C@H](S(=O)(=O)c3ccc(N4CCC(F)(F)C4)cc3Cl)C2)CC1. The van der Waals surface area contributed by atoms with Crippen molar-refractivity contribution in [3.05, 3.63) is 23.2 Å². The van der Waals surface area contributed by atoms with Gasteiger partial charge in [-0.05, 0) is 50.3 Å². The van der Waals surface area contributed by atoms with Crippen molar-refractivity contribution in [2.45, 2.75) is 60.1 Å². The summed E-state index contributed by atoms with van der Waals surface area (Å²) in [6.45, 7) is -0.238. The molecule has 4 rings (SSSR count). The van der Waals surface area contributed by atoms with E-state index in [1.54, 1.807) is 0 Å². The van der Waals surface area contributed by atoms with E-state index in [4.69, 9.17) is 16.9 Å². The summed E-state index contributed by atoms with van der Waals surface area (Å²) >= 11 is 6.25. The molecule has 1 N–H and O–H groups in total. The molecule has 0 spiro atoms. The lowest BCUT2D eigenvalue weighted by Gasteiger charge is -2.20. The first kappa shape index (κ1) is 21.3.